The lowest BCUT2D eigenvalue weighted by Gasteiger charge is -2.44. The SMILES string of the molecule is CCCCCC(=O)NC(Cc1ccccc1-c1ccccc1)(C(=O)NC(Cc1ccccc1)C(=O)NC(=O)N1CCOCC1)C(CNC(=O)OC(C)(C)C)CO[Si](C)(C)C(C)(C)C. The van der Waals surface area contributed by atoms with Gasteiger partial charge in [0.25, 0.3) is 5.91 Å². The first-order valence-electron chi connectivity index (χ1n) is 22.3. The highest BCUT2D eigenvalue weighted by Crippen LogP contribution is 2.38. The van der Waals surface area contributed by atoms with E-state index in [0.29, 0.717) is 32.7 Å². The number of unbranched alkanes of at least 4 members (excludes halogenated alkanes) is 2. The van der Waals surface area contributed by atoms with Gasteiger partial charge in [-0.25, -0.2) is 9.59 Å². The molecular weight excluding hydrogens is 815 g/mol. The standard InChI is InChI=1S/C49H71N5O8Si/c1-10-11-14-27-42(55)53-49(33-38-25-19-20-26-40(38)37-23-17-13-18-24-37,39(34-50-46(59)62-47(2,3)4)35-61-63(8,9)48(5,6)7)44(57)51-41(32-36-21-15-12-16-22-36)43(56)52-45(58)54-28-30-60-31-29-54/h12-13,15-26,39,41H,10-11,14,27-35H2,1-9H3,(H,50,59)(H,51,57)(H,53,55)(H,52,56,58). The van der Waals surface area contributed by atoms with Crippen LogP contribution < -0.4 is 21.3 Å². The molecule has 0 aliphatic carbocycles. The average molecular weight is 886 g/mol. The van der Waals surface area contributed by atoms with E-state index in [2.05, 4.69) is 62.1 Å². The third kappa shape index (κ3) is 15.3. The number of hydrogen-bond acceptors (Lipinski definition) is 8. The fourth-order valence-corrected chi connectivity index (χ4v) is 8.19. The van der Waals surface area contributed by atoms with E-state index >= 15 is 4.79 Å². The molecule has 0 spiro atoms. The number of imide groups is 1. The molecule has 3 atom stereocenters. The van der Waals surface area contributed by atoms with E-state index < -0.39 is 55.4 Å². The number of ether oxygens (including phenoxy) is 2. The van der Waals surface area contributed by atoms with Crippen molar-refractivity contribution in [2.45, 2.75) is 122 Å². The lowest BCUT2D eigenvalue weighted by molar-refractivity contribution is -0.139. The molecule has 3 unspecified atom stereocenters. The molecule has 63 heavy (non-hydrogen) atoms. The predicted molar refractivity (Wildman–Crippen MR) is 249 cm³/mol. The van der Waals surface area contributed by atoms with Crippen molar-refractivity contribution in [1.29, 1.82) is 0 Å². The molecular formula is C49H71N5O8Si. The maximum atomic E-state index is 15.9. The molecule has 13 nitrogen and oxygen atoms in total. The summed E-state index contributed by atoms with van der Waals surface area (Å²) in [7, 11) is -2.54. The third-order valence-corrected chi connectivity index (χ3v) is 16.3. The average Bonchev–Trinajstić information content (AvgIpc) is 3.23. The summed E-state index contributed by atoms with van der Waals surface area (Å²) >= 11 is 0. The molecule has 1 aliphatic heterocycles. The van der Waals surface area contributed by atoms with Crippen LogP contribution in [0.25, 0.3) is 11.1 Å². The van der Waals surface area contributed by atoms with Gasteiger partial charge in [-0.3, -0.25) is 19.7 Å². The van der Waals surface area contributed by atoms with Crippen LogP contribution in [0.15, 0.2) is 84.9 Å². The molecule has 1 aliphatic rings. The first-order valence-corrected chi connectivity index (χ1v) is 25.2. The summed E-state index contributed by atoms with van der Waals surface area (Å²) in [6.07, 6.45) is 1.71. The zero-order chi connectivity index (χ0) is 46.3. The molecule has 0 aromatic heterocycles. The highest BCUT2D eigenvalue weighted by Gasteiger charge is 2.50. The Bertz CT molecular complexity index is 1960. The van der Waals surface area contributed by atoms with Gasteiger partial charge in [0.2, 0.25) is 11.8 Å². The topological polar surface area (TPSA) is 164 Å². The number of amides is 6. The molecule has 6 amide bonds. The van der Waals surface area contributed by atoms with Crippen LogP contribution in [-0.4, -0.2) is 99.7 Å². The summed E-state index contributed by atoms with van der Waals surface area (Å²) in [5, 5.41) is 11.5. The van der Waals surface area contributed by atoms with Crippen LogP contribution in [0.5, 0.6) is 0 Å². The van der Waals surface area contributed by atoms with Crippen molar-refractivity contribution in [3.63, 3.8) is 0 Å². The van der Waals surface area contributed by atoms with E-state index in [1.807, 2.05) is 84.9 Å². The largest absolute Gasteiger partial charge is 0.444 e. The van der Waals surface area contributed by atoms with E-state index in [4.69, 9.17) is 13.9 Å². The third-order valence-electron chi connectivity index (χ3n) is 11.8. The van der Waals surface area contributed by atoms with Crippen LogP contribution in [-0.2, 0) is 41.1 Å². The van der Waals surface area contributed by atoms with Crippen molar-refractivity contribution in [3.8, 4) is 11.1 Å². The van der Waals surface area contributed by atoms with E-state index in [1.165, 1.54) is 4.90 Å². The molecule has 1 saturated heterocycles. The molecule has 344 valence electrons. The van der Waals surface area contributed by atoms with Gasteiger partial charge in [-0.05, 0) is 67.6 Å². The molecule has 0 bridgehead atoms. The number of carbonyl (C=O) groups excluding carboxylic acids is 5. The summed E-state index contributed by atoms with van der Waals surface area (Å²) in [5.41, 5.74) is 0.577. The van der Waals surface area contributed by atoms with Gasteiger partial charge in [-0.1, -0.05) is 125 Å². The molecule has 1 heterocycles. The Morgan fingerprint density at radius 2 is 1.44 bits per heavy atom. The van der Waals surface area contributed by atoms with Crippen molar-refractivity contribution in [2.75, 3.05) is 39.5 Å². The molecule has 3 aromatic rings. The van der Waals surface area contributed by atoms with Crippen LogP contribution in [0.4, 0.5) is 9.59 Å². The molecule has 1 fully saturated rings. The Hall–Kier alpha value is -5.05. The highest BCUT2D eigenvalue weighted by atomic mass is 28.4. The smallest absolute Gasteiger partial charge is 0.407 e. The van der Waals surface area contributed by atoms with Crippen molar-refractivity contribution in [2.24, 2.45) is 5.92 Å². The fraction of sp³-hybridized carbons (Fsp3) is 0.531. The molecule has 14 heteroatoms. The molecule has 4 N–H and O–H groups in total. The second-order valence-electron chi connectivity index (χ2n) is 18.9. The van der Waals surface area contributed by atoms with E-state index in [0.717, 1.165) is 35.1 Å². The summed E-state index contributed by atoms with van der Waals surface area (Å²) < 4.78 is 18.0. The quantitative estimate of drug-likeness (QED) is 0.0700. The monoisotopic (exact) mass is 886 g/mol. The number of urea groups is 1. The minimum absolute atomic E-state index is 0.0342. The molecule has 4 rings (SSSR count). The van der Waals surface area contributed by atoms with Crippen molar-refractivity contribution in [1.82, 2.24) is 26.2 Å². The van der Waals surface area contributed by atoms with Crippen LogP contribution in [0.3, 0.4) is 0 Å². The Morgan fingerprint density at radius 3 is 2.06 bits per heavy atom. The maximum Gasteiger partial charge on any atom is 0.407 e. The van der Waals surface area contributed by atoms with Gasteiger partial charge >= 0.3 is 12.1 Å². The van der Waals surface area contributed by atoms with Gasteiger partial charge < -0.3 is 34.8 Å². The lowest BCUT2D eigenvalue weighted by Crippen LogP contribution is -2.69. The van der Waals surface area contributed by atoms with Crippen molar-refractivity contribution >= 4 is 38.2 Å². The molecule has 0 radical (unpaired) electrons. The zero-order valence-electron chi connectivity index (χ0n) is 38.9. The van der Waals surface area contributed by atoms with E-state index in [9.17, 15) is 19.2 Å². The van der Waals surface area contributed by atoms with Crippen LogP contribution in [0.1, 0.15) is 85.3 Å². The van der Waals surface area contributed by atoms with Crippen LogP contribution >= 0.6 is 0 Å². The molecule has 0 saturated carbocycles. The summed E-state index contributed by atoms with van der Waals surface area (Å²) in [6.45, 7) is 19.0. The van der Waals surface area contributed by atoms with Gasteiger partial charge in [0.15, 0.2) is 8.32 Å². The highest BCUT2D eigenvalue weighted by molar-refractivity contribution is 6.74. The van der Waals surface area contributed by atoms with E-state index in [1.54, 1.807) is 20.8 Å². The number of carbonyl (C=O) groups is 5. The normalized spacial score (nSPS) is 15.3. The van der Waals surface area contributed by atoms with E-state index in [-0.39, 0.29) is 43.4 Å². The van der Waals surface area contributed by atoms with Gasteiger partial charge in [0, 0.05) is 51.4 Å². The van der Waals surface area contributed by atoms with Gasteiger partial charge in [0.05, 0.1) is 13.2 Å². The second-order valence-corrected chi connectivity index (χ2v) is 23.7. The number of nitrogens with one attached hydrogen (secondary N) is 4. The number of benzene rings is 3. The Labute approximate surface area is 375 Å². The number of nitrogens with zero attached hydrogens (tertiary/aromatic N) is 1. The summed E-state index contributed by atoms with van der Waals surface area (Å²) in [6, 6.07) is 24.8. The number of hydrogen-bond donors (Lipinski definition) is 4. The minimum atomic E-state index is -2.54. The van der Waals surface area contributed by atoms with Gasteiger partial charge in [-0.2, -0.15) is 0 Å². The van der Waals surface area contributed by atoms with Gasteiger partial charge in [0.1, 0.15) is 17.2 Å². The van der Waals surface area contributed by atoms with Gasteiger partial charge in [-0.15, -0.1) is 0 Å². The van der Waals surface area contributed by atoms with Crippen LogP contribution in [0.2, 0.25) is 18.1 Å². The zero-order valence-corrected chi connectivity index (χ0v) is 39.9. The first-order chi connectivity index (χ1) is 29.7. The summed E-state index contributed by atoms with van der Waals surface area (Å²) in [5.74, 6) is -2.65. The first kappa shape index (κ1) is 50.6. The Kier molecular flexibility index (Phi) is 18.5. The number of alkyl carbamates (subject to hydrolysis) is 1. The van der Waals surface area contributed by atoms with Crippen LogP contribution in [0, 0.1) is 5.92 Å². The minimum Gasteiger partial charge on any atom is -0.444 e. The summed E-state index contributed by atoms with van der Waals surface area (Å²) in [4.78, 5) is 73.1. The Morgan fingerprint density at radius 1 is 0.825 bits per heavy atom. The van der Waals surface area contributed by atoms with Crippen molar-refractivity contribution < 1.29 is 37.9 Å². The number of morpholine rings is 1. The van der Waals surface area contributed by atoms with Crippen molar-refractivity contribution in [3.05, 3.63) is 96.1 Å². The number of rotatable bonds is 19. The molecule has 3 aromatic carbocycles. The Balaban J connectivity index is 1.94. The fourth-order valence-electron chi connectivity index (χ4n) is 7.14. The second kappa shape index (κ2) is 23.0. The predicted octanol–water partition coefficient (Wildman–Crippen LogP) is 7.79. The maximum absolute atomic E-state index is 15.9. The lowest BCUT2D eigenvalue weighted by atomic mass is 9.76.